The number of hydrogen-bond acceptors (Lipinski definition) is 6. The number of alkyl halides is 3. The molecule has 11 heteroatoms. The van der Waals surface area contributed by atoms with E-state index in [0.29, 0.717) is 28.7 Å². The van der Waals surface area contributed by atoms with Crippen LogP contribution in [0.5, 0.6) is 11.5 Å². The lowest BCUT2D eigenvalue weighted by atomic mass is 10.2. The van der Waals surface area contributed by atoms with Gasteiger partial charge in [-0.2, -0.15) is 13.2 Å². The topological polar surface area (TPSA) is 84.6 Å². The fourth-order valence-electron chi connectivity index (χ4n) is 3.06. The second-order valence-electron chi connectivity index (χ2n) is 6.73. The zero-order valence-electron chi connectivity index (χ0n) is 16.4. The summed E-state index contributed by atoms with van der Waals surface area (Å²) in [7, 11) is 1.74. The SMILES string of the molecule is Cn1c(Nc2ccc(Cl)c(C(F)(F)F)c2)nc2cc(Oc3ccnc(C=NO)c3)ccc21. The van der Waals surface area contributed by atoms with Crippen LogP contribution in [0.1, 0.15) is 11.3 Å². The maximum Gasteiger partial charge on any atom is 0.417 e. The van der Waals surface area contributed by atoms with Gasteiger partial charge in [0.1, 0.15) is 11.5 Å². The molecule has 0 amide bonds. The van der Waals surface area contributed by atoms with Crippen molar-refractivity contribution in [2.24, 2.45) is 12.2 Å². The third-order valence-electron chi connectivity index (χ3n) is 4.56. The number of ether oxygens (including phenoxy) is 1. The van der Waals surface area contributed by atoms with Crippen LogP contribution < -0.4 is 10.1 Å². The molecule has 0 bridgehead atoms. The van der Waals surface area contributed by atoms with Gasteiger partial charge in [-0.15, -0.1) is 0 Å². The summed E-state index contributed by atoms with van der Waals surface area (Å²) < 4.78 is 46.9. The molecule has 2 aromatic heterocycles. The fraction of sp³-hybridized carbons (Fsp3) is 0.0952. The molecule has 0 radical (unpaired) electrons. The van der Waals surface area contributed by atoms with Crippen molar-refractivity contribution in [2.45, 2.75) is 6.18 Å². The molecule has 0 aliphatic heterocycles. The monoisotopic (exact) mass is 461 g/mol. The minimum Gasteiger partial charge on any atom is -0.457 e. The van der Waals surface area contributed by atoms with E-state index >= 15 is 0 Å². The number of oxime groups is 1. The largest absolute Gasteiger partial charge is 0.457 e. The molecule has 0 saturated carbocycles. The average Bonchev–Trinajstić information content (AvgIpc) is 3.04. The molecule has 0 aliphatic rings. The Balaban J connectivity index is 1.61. The molecule has 7 nitrogen and oxygen atoms in total. The number of pyridine rings is 1. The number of aryl methyl sites for hydroxylation is 1. The number of halogens is 4. The Kier molecular flexibility index (Phi) is 5.62. The zero-order valence-corrected chi connectivity index (χ0v) is 17.2. The molecule has 2 aromatic carbocycles. The number of aromatic nitrogens is 3. The lowest BCUT2D eigenvalue weighted by Gasteiger charge is -2.12. The van der Waals surface area contributed by atoms with E-state index in [1.807, 2.05) is 0 Å². The first-order valence-corrected chi connectivity index (χ1v) is 9.54. The summed E-state index contributed by atoms with van der Waals surface area (Å²) in [6, 6.07) is 12.0. The predicted molar refractivity (Wildman–Crippen MR) is 114 cm³/mol. The van der Waals surface area contributed by atoms with Crippen molar-refractivity contribution < 1.29 is 23.1 Å². The van der Waals surface area contributed by atoms with Gasteiger partial charge in [0, 0.05) is 31.1 Å². The van der Waals surface area contributed by atoms with E-state index in [9.17, 15) is 13.2 Å². The van der Waals surface area contributed by atoms with Crippen molar-refractivity contribution in [2.75, 3.05) is 5.32 Å². The van der Waals surface area contributed by atoms with E-state index < -0.39 is 11.7 Å². The molecule has 0 spiro atoms. The van der Waals surface area contributed by atoms with Crippen LogP contribution in [0.25, 0.3) is 11.0 Å². The van der Waals surface area contributed by atoms with Gasteiger partial charge in [0.25, 0.3) is 0 Å². The number of benzene rings is 2. The number of rotatable bonds is 5. The second kappa shape index (κ2) is 8.39. The Labute approximate surface area is 184 Å². The van der Waals surface area contributed by atoms with Crippen LogP contribution in [0, 0.1) is 0 Å². The van der Waals surface area contributed by atoms with Crippen LogP contribution in [0.15, 0.2) is 59.9 Å². The third-order valence-corrected chi connectivity index (χ3v) is 4.89. The van der Waals surface area contributed by atoms with Crippen LogP contribution in [0.2, 0.25) is 5.02 Å². The van der Waals surface area contributed by atoms with Crippen molar-refractivity contribution >= 4 is 40.5 Å². The van der Waals surface area contributed by atoms with Crippen LogP contribution >= 0.6 is 11.6 Å². The molecular weight excluding hydrogens is 447 g/mol. The Morgan fingerprint density at radius 3 is 2.66 bits per heavy atom. The number of imidazole rings is 1. The molecule has 0 atom stereocenters. The molecule has 164 valence electrons. The predicted octanol–water partition coefficient (Wildman–Crippen LogP) is 5.98. The van der Waals surface area contributed by atoms with Gasteiger partial charge in [-0.3, -0.25) is 4.98 Å². The molecule has 2 N–H and O–H groups in total. The summed E-state index contributed by atoms with van der Waals surface area (Å²) in [5.74, 6) is 1.31. The number of nitrogens with one attached hydrogen (secondary N) is 1. The highest BCUT2D eigenvalue weighted by molar-refractivity contribution is 6.31. The second-order valence-corrected chi connectivity index (χ2v) is 7.13. The van der Waals surface area contributed by atoms with Gasteiger partial charge in [-0.1, -0.05) is 16.8 Å². The summed E-state index contributed by atoms with van der Waals surface area (Å²) in [6.07, 6.45) is -1.88. The van der Waals surface area contributed by atoms with Gasteiger partial charge in [-0.05, 0) is 36.4 Å². The van der Waals surface area contributed by atoms with Crippen LogP contribution in [0.4, 0.5) is 24.8 Å². The Hall–Kier alpha value is -3.79. The smallest absolute Gasteiger partial charge is 0.417 e. The van der Waals surface area contributed by atoms with Crippen molar-refractivity contribution in [1.29, 1.82) is 0 Å². The summed E-state index contributed by atoms with van der Waals surface area (Å²) in [5.41, 5.74) is 1.00. The minimum absolute atomic E-state index is 0.200. The molecule has 2 heterocycles. The Bertz CT molecular complexity index is 1320. The molecular formula is C21H15ClF3N5O2. The van der Waals surface area contributed by atoms with Crippen molar-refractivity contribution in [3.63, 3.8) is 0 Å². The van der Waals surface area contributed by atoms with Crippen LogP contribution in [-0.2, 0) is 13.2 Å². The first kappa shape index (κ1) is 21.4. The number of fused-ring (bicyclic) bond motifs is 1. The number of nitrogens with zero attached hydrogens (tertiary/aromatic N) is 4. The van der Waals surface area contributed by atoms with Gasteiger partial charge in [-0.25, -0.2) is 4.98 Å². The zero-order chi connectivity index (χ0) is 22.9. The van der Waals surface area contributed by atoms with E-state index in [4.69, 9.17) is 21.5 Å². The molecule has 0 unspecified atom stereocenters. The molecule has 0 saturated heterocycles. The van der Waals surface area contributed by atoms with E-state index in [1.54, 1.807) is 41.9 Å². The van der Waals surface area contributed by atoms with Gasteiger partial charge in [0.2, 0.25) is 5.95 Å². The van der Waals surface area contributed by atoms with Crippen molar-refractivity contribution in [1.82, 2.24) is 14.5 Å². The molecule has 0 aliphatic carbocycles. The Morgan fingerprint density at radius 2 is 1.91 bits per heavy atom. The molecule has 0 fully saturated rings. The number of hydrogen-bond donors (Lipinski definition) is 2. The first-order valence-electron chi connectivity index (χ1n) is 9.16. The first-order chi connectivity index (χ1) is 15.2. The van der Waals surface area contributed by atoms with E-state index in [-0.39, 0.29) is 10.7 Å². The van der Waals surface area contributed by atoms with E-state index in [2.05, 4.69) is 20.4 Å². The highest BCUT2D eigenvalue weighted by Gasteiger charge is 2.33. The van der Waals surface area contributed by atoms with Gasteiger partial charge in [0.05, 0.1) is 33.5 Å². The highest BCUT2D eigenvalue weighted by Crippen LogP contribution is 2.37. The summed E-state index contributed by atoms with van der Waals surface area (Å²) in [5, 5.41) is 14.1. The number of anilines is 2. The van der Waals surface area contributed by atoms with Crippen molar-refractivity contribution in [3.8, 4) is 11.5 Å². The molecule has 32 heavy (non-hydrogen) atoms. The lowest BCUT2D eigenvalue weighted by Crippen LogP contribution is -2.07. The summed E-state index contributed by atoms with van der Waals surface area (Å²) >= 11 is 5.68. The van der Waals surface area contributed by atoms with Crippen LogP contribution in [0.3, 0.4) is 0 Å². The maximum absolute atomic E-state index is 13.1. The van der Waals surface area contributed by atoms with Gasteiger partial charge >= 0.3 is 6.18 Å². The summed E-state index contributed by atoms with van der Waals surface area (Å²) in [4.78, 5) is 8.47. The normalized spacial score (nSPS) is 11.9. The highest BCUT2D eigenvalue weighted by atomic mass is 35.5. The summed E-state index contributed by atoms with van der Waals surface area (Å²) in [6.45, 7) is 0. The molecule has 4 rings (SSSR count). The van der Waals surface area contributed by atoms with Crippen molar-refractivity contribution in [3.05, 3.63) is 71.0 Å². The fourth-order valence-corrected chi connectivity index (χ4v) is 3.29. The average molecular weight is 462 g/mol. The minimum atomic E-state index is -4.57. The van der Waals surface area contributed by atoms with Gasteiger partial charge in [0.15, 0.2) is 0 Å². The maximum atomic E-state index is 13.1. The standard InChI is InChI=1S/C21H15ClF3N5O2/c1-30-19-5-3-14(32-15-6-7-26-13(8-15)11-27-31)10-18(19)29-20(30)28-12-2-4-17(22)16(9-12)21(23,24)25/h2-11,31H,1H3,(H,28,29). The van der Waals surface area contributed by atoms with Gasteiger partial charge < -0.3 is 19.8 Å². The molecule has 4 aromatic rings. The third kappa shape index (κ3) is 4.45. The lowest BCUT2D eigenvalue weighted by molar-refractivity contribution is -0.137. The van der Waals surface area contributed by atoms with E-state index in [1.165, 1.54) is 24.5 Å². The quantitative estimate of drug-likeness (QED) is 0.217. The Morgan fingerprint density at radius 1 is 1.12 bits per heavy atom. The van der Waals surface area contributed by atoms with E-state index in [0.717, 1.165) is 11.6 Å². The van der Waals surface area contributed by atoms with Crippen LogP contribution in [-0.4, -0.2) is 26.0 Å².